The minimum Gasteiger partial charge on any atom is -0.483 e. The van der Waals surface area contributed by atoms with Gasteiger partial charge in [-0.25, -0.2) is 0 Å². The Bertz CT molecular complexity index is 772. The normalized spacial score (nSPS) is 16.9. The number of rotatable bonds is 3. The summed E-state index contributed by atoms with van der Waals surface area (Å²) in [5.74, 6) is 0.150. The molecule has 3 rings (SSSR count). The number of alkyl halides is 3. The molecule has 0 aromatic heterocycles. The van der Waals surface area contributed by atoms with Gasteiger partial charge in [-0.15, -0.1) is 0 Å². The number of nitrogens with zero attached hydrogens (tertiary/aromatic N) is 1. The Morgan fingerprint density at radius 3 is 2.24 bits per heavy atom. The van der Waals surface area contributed by atoms with Crippen LogP contribution in [0.2, 0.25) is 0 Å². The Labute approximate surface area is 144 Å². The molecule has 2 nitrogen and oxygen atoms in total. The lowest BCUT2D eigenvalue weighted by atomic mass is 9.79. The van der Waals surface area contributed by atoms with Crippen LogP contribution < -0.4 is 4.74 Å². The lowest BCUT2D eigenvalue weighted by Crippen LogP contribution is -2.35. The smallest absolute Gasteiger partial charge is 0.417 e. The summed E-state index contributed by atoms with van der Waals surface area (Å²) in [6.45, 7) is 0. The molecule has 130 valence electrons. The molecule has 5 heteroatoms. The summed E-state index contributed by atoms with van der Waals surface area (Å²) in [4.78, 5) is 0. The Kier molecular flexibility index (Phi) is 4.71. The fourth-order valence-electron chi connectivity index (χ4n) is 3.46. The minimum absolute atomic E-state index is 0.150. The summed E-state index contributed by atoms with van der Waals surface area (Å²) in [6.07, 6.45) is -0.0264. The van der Waals surface area contributed by atoms with Gasteiger partial charge in [0.05, 0.1) is 17.2 Å². The number of hydrogen-bond donors (Lipinski definition) is 0. The van der Waals surface area contributed by atoms with E-state index in [4.69, 9.17) is 10.00 Å². The van der Waals surface area contributed by atoms with Gasteiger partial charge in [0, 0.05) is 0 Å². The van der Waals surface area contributed by atoms with Crippen LogP contribution in [0.15, 0.2) is 48.5 Å². The Balaban J connectivity index is 2.00. The molecule has 0 heterocycles. The lowest BCUT2D eigenvalue weighted by Gasteiger charge is -2.38. The largest absolute Gasteiger partial charge is 0.483 e. The zero-order valence-electron chi connectivity index (χ0n) is 13.6. The van der Waals surface area contributed by atoms with Gasteiger partial charge in [0.2, 0.25) is 0 Å². The molecule has 0 spiro atoms. The minimum atomic E-state index is -4.59. The van der Waals surface area contributed by atoms with Crippen molar-refractivity contribution in [3.63, 3.8) is 0 Å². The van der Waals surface area contributed by atoms with Crippen LogP contribution in [-0.4, -0.2) is 0 Å². The highest BCUT2D eigenvalue weighted by Crippen LogP contribution is 2.42. The molecule has 1 saturated carbocycles. The maximum absolute atomic E-state index is 13.2. The summed E-state index contributed by atoms with van der Waals surface area (Å²) in [7, 11) is 0. The number of ether oxygens (including phenoxy) is 1. The average Bonchev–Trinajstić information content (AvgIpc) is 2.62. The fraction of sp³-hybridized carbons (Fsp3) is 0.350. The fourth-order valence-corrected chi connectivity index (χ4v) is 3.46. The van der Waals surface area contributed by atoms with Gasteiger partial charge in [-0.05, 0) is 49.4 Å². The summed E-state index contributed by atoms with van der Waals surface area (Å²) in [5, 5.41) is 8.93. The average molecular weight is 345 g/mol. The maximum Gasteiger partial charge on any atom is 0.417 e. The molecule has 2 aromatic rings. The van der Waals surface area contributed by atoms with E-state index in [1.54, 1.807) is 6.07 Å². The number of nitriles is 1. The topological polar surface area (TPSA) is 33.0 Å². The van der Waals surface area contributed by atoms with E-state index in [-0.39, 0.29) is 5.75 Å². The first-order chi connectivity index (χ1) is 11.9. The first-order valence-electron chi connectivity index (χ1n) is 8.30. The van der Waals surface area contributed by atoms with E-state index >= 15 is 0 Å². The van der Waals surface area contributed by atoms with Gasteiger partial charge in [0.25, 0.3) is 0 Å². The quantitative estimate of drug-likeness (QED) is 0.703. The van der Waals surface area contributed by atoms with E-state index in [0.717, 1.165) is 43.7 Å². The highest BCUT2D eigenvalue weighted by molar-refractivity contribution is 5.44. The van der Waals surface area contributed by atoms with Gasteiger partial charge >= 0.3 is 6.18 Å². The molecule has 0 aliphatic heterocycles. The predicted molar refractivity (Wildman–Crippen MR) is 88.0 cm³/mol. The first-order valence-corrected chi connectivity index (χ1v) is 8.30. The Hall–Kier alpha value is -2.48. The van der Waals surface area contributed by atoms with Gasteiger partial charge in [-0.3, -0.25) is 0 Å². The summed E-state index contributed by atoms with van der Waals surface area (Å²) in [6, 6.07) is 14.8. The van der Waals surface area contributed by atoms with Crippen molar-refractivity contribution in [2.24, 2.45) is 0 Å². The molecule has 2 aromatic carbocycles. The van der Waals surface area contributed by atoms with Crippen LogP contribution >= 0.6 is 0 Å². The van der Waals surface area contributed by atoms with Crippen LogP contribution in [0.25, 0.3) is 0 Å². The molecule has 0 amide bonds. The second-order valence-electron chi connectivity index (χ2n) is 6.34. The molecule has 1 aliphatic carbocycles. The van der Waals surface area contributed by atoms with Crippen LogP contribution in [0, 0.1) is 11.3 Å². The van der Waals surface area contributed by atoms with Crippen molar-refractivity contribution in [2.45, 2.75) is 43.9 Å². The van der Waals surface area contributed by atoms with Gasteiger partial charge in [-0.2, -0.15) is 18.4 Å². The van der Waals surface area contributed by atoms with Crippen molar-refractivity contribution in [3.05, 3.63) is 65.2 Å². The second kappa shape index (κ2) is 6.79. The van der Waals surface area contributed by atoms with E-state index in [2.05, 4.69) is 0 Å². The highest BCUT2D eigenvalue weighted by atomic mass is 19.4. The first kappa shape index (κ1) is 17.3. The molecule has 0 radical (unpaired) electrons. The van der Waals surface area contributed by atoms with Gasteiger partial charge < -0.3 is 4.74 Å². The molecule has 25 heavy (non-hydrogen) atoms. The third-order valence-electron chi connectivity index (χ3n) is 4.69. The SMILES string of the molecule is N#Cc1ccc(OC2(c3ccccc3)CCCCC2)cc1C(F)(F)F. The van der Waals surface area contributed by atoms with Gasteiger partial charge in [0.1, 0.15) is 11.4 Å². The molecular weight excluding hydrogens is 327 g/mol. The van der Waals surface area contributed by atoms with E-state index < -0.39 is 22.9 Å². The van der Waals surface area contributed by atoms with Crippen molar-refractivity contribution in [2.75, 3.05) is 0 Å². The standard InChI is InChI=1S/C20H18F3NO/c21-20(22,23)18-13-17(10-9-15(18)14-24)25-19(11-5-2-6-12-19)16-7-3-1-4-8-16/h1,3-4,7-10,13H,2,5-6,11-12H2. The van der Waals surface area contributed by atoms with Crippen molar-refractivity contribution < 1.29 is 17.9 Å². The zero-order valence-corrected chi connectivity index (χ0v) is 13.6. The van der Waals surface area contributed by atoms with E-state index in [1.165, 1.54) is 12.1 Å². The van der Waals surface area contributed by atoms with Crippen LogP contribution in [-0.2, 0) is 11.8 Å². The summed E-state index contributed by atoms with van der Waals surface area (Å²) in [5.41, 5.74) is -0.979. The van der Waals surface area contributed by atoms with E-state index in [0.29, 0.717) is 0 Å². The van der Waals surface area contributed by atoms with Crippen molar-refractivity contribution in [1.29, 1.82) is 5.26 Å². The second-order valence-corrected chi connectivity index (χ2v) is 6.34. The molecular formula is C20H18F3NO. The Morgan fingerprint density at radius 2 is 1.64 bits per heavy atom. The molecule has 0 N–H and O–H groups in total. The van der Waals surface area contributed by atoms with Crippen LogP contribution in [0.3, 0.4) is 0 Å². The van der Waals surface area contributed by atoms with E-state index in [1.807, 2.05) is 30.3 Å². The van der Waals surface area contributed by atoms with E-state index in [9.17, 15) is 13.2 Å². The lowest BCUT2D eigenvalue weighted by molar-refractivity contribution is -0.138. The molecule has 0 atom stereocenters. The molecule has 0 unspecified atom stereocenters. The third-order valence-corrected chi connectivity index (χ3v) is 4.69. The number of halogens is 3. The molecule has 0 bridgehead atoms. The molecule has 0 saturated heterocycles. The van der Waals surface area contributed by atoms with Crippen molar-refractivity contribution in [3.8, 4) is 11.8 Å². The van der Waals surface area contributed by atoms with Gasteiger partial charge in [0.15, 0.2) is 0 Å². The van der Waals surface area contributed by atoms with Crippen LogP contribution in [0.4, 0.5) is 13.2 Å². The zero-order chi connectivity index (χ0) is 17.9. The summed E-state index contributed by atoms with van der Waals surface area (Å²) < 4.78 is 45.8. The van der Waals surface area contributed by atoms with Crippen LogP contribution in [0.1, 0.15) is 48.8 Å². The molecule has 1 fully saturated rings. The third kappa shape index (κ3) is 3.63. The number of benzene rings is 2. The van der Waals surface area contributed by atoms with Crippen LogP contribution in [0.5, 0.6) is 5.75 Å². The van der Waals surface area contributed by atoms with Crippen molar-refractivity contribution >= 4 is 0 Å². The number of hydrogen-bond acceptors (Lipinski definition) is 2. The monoisotopic (exact) mass is 345 g/mol. The molecule has 1 aliphatic rings. The van der Waals surface area contributed by atoms with Gasteiger partial charge in [-0.1, -0.05) is 36.8 Å². The summed E-state index contributed by atoms with van der Waals surface area (Å²) >= 11 is 0. The highest BCUT2D eigenvalue weighted by Gasteiger charge is 2.38. The van der Waals surface area contributed by atoms with Crippen molar-refractivity contribution in [1.82, 2.24) is 0 Å². The Morgan fingerprint density at radius 1 is 0.960 bits per heavy atom. The predicted octanol–water partition coefficient (Wildman–Crippen LogP) is 5.82. The maximum atomic E-state index is 13.2.